The predicted molar refractivity (Wildman–Crippen MR) is 120 cm³/mol. The highest BCUT2D eigenvalue weighted by atomic mass is 16.5. The molecule has 0 aromatic heterocycles. The van der Waals surface area contributed by atoms with Gasteiger partial charge in [0.1, 0.15) is 0 Å². The van der Waals surface area contributed by atoms with E-state index in [1.807, 2.05) is 18.2 Å². The van der Waals surface area contributed by atoms with E-state index in [2.05, 4.69) is 41.4 Å². The van der Waals surface area contributed by atoms with Gasteiger partial charge in [0, 0.05) is 19.0 Å². The Morgan fingerprint density at radius 1 is 1.03 bits per heavy atom. The summed E-state index contributed by atoms with van der Waals surface area (Å²) >= 11 is 0. The first-order chi connectivity index (χ1) is 14.6. The minimum atomic E-state index is 0.139. The highest BCUT2D eigenvalue weighted by molar-refractivity contribution is 5.78. The lowest BCUT2D eigenvalue weighted by atomic mass is 9.95. The van der Waals surface area contributed by atoms with Crippen molar-refractivity contribution >= 4 is 5.91 Å². The normalized spacial score (nSPS) is 15.0. The van der Waals surface area contributed by atoms with Crippen molar-refractivity contribution in [3.8, 4) is 11.5 Å². The van der Waals surface area contributed by atoms with E-state index in [1.165, 1.54) is 16.7 Å². The average Bonchev–Trinajstić information content (AvgIpc) is 2.77. The van der Waals surface area contributed by atoms with E-state index in [-0.39, 0.29) is 11.8 Å². The Labute approximate surface area is 180 Å². The standard InChI is InChI=1S/C25H34N2O3/c1-19-6-4-7-21(16-19)18-27-14-11-22(12-15-27)25(28)26-13-5-8-20-9-10-23(29-2)24(17-20)30-3/h4,6-7,9-10,16-17,22H,5,8,11-15,18H2,1-3H3,(H,26,28). The molecule has 0 spiro atoms. The third kappa shape index (κ3) is 6.23. The van der Waals surface area contributed by atoms with Crippen LogP contribution in [-0.4, -0.2) is 44.7 Å². The largest absolute Gasteiger partial charge is 0.493 e. The van der Waals surface area contributed by atoms with Crippen LogP contribution in [0.15, 0.2) is 42.5 Å². The Hall–Kier alpha value is -2.53. The molecule has 5 heteroatoms. The van der Waals surface area contributed by atoms with Crippen LogP contribution in [0.5, 0.6) is 11.5 Å². The molecule has 0 radical (unpaired) electrons. The molecule has 1 aliphatic rings. The molecule has 0 unspecified atom stereocenters. The summed E-state index contributed by atoms with van der Waals surface area (Å²) in [6.45, 7) is 5.78. The van der Waals surface area contributed by atoms with Crippen molar-refractivity contribution in [3.63, 3.8) is 0 Å². The first-order valence-corrected chi connectivity index (χ1v) is 10.9. The second-order valence-electron chi connectivity index (χ2n) is 8.12. The third-order valence-electron chi connectivity index (χ3n) is 5.84. The Bertz CT molecular complexity index is 829. The molecule has 3 rings (SSSR count). The molecule has 1 aliphatic heterocycles. The lowest BCUT2D eigenvalue weighted by molar-refractivity contribution is -0.126. The van der Waals surface area contributed by atoms with E-state index in [1.54, 1.807) is 14.2 Å². The number of amides is 1. The Morgan fingerprint density at radius 3 is 2.50 bits per heavy atom. The zero-order valence-corrected chi connectivity index (χ0v) is 18.4. The lowest BCUT2D eigenvalue weighted by Gasteiger charge is -2.31. The number of methoxy groups -OCH3 is 2. The predicted octanol–water partition coefficient (Wildman–Crippen LogP) is 3.97. The van der Waals surface area contributed by atoms with Crippen molar-refractivity contribution in [2.75, 3.05) is 33.9 Å². The second-order valence-corrected chi connectivity index (χ2v) is 8.12. The molecule has 0 aliphatic carbocycles. The summed E-state index contributed by atoms with van der Waals surface area (Å²) in [6.07, 6.45) is 3.68. The summed E-state index contributed by atoms with van der Waals surface area (Å²) in [7, 11) is 3.29. The second kappa shape index (κ2) is 11.0. The monoisotopic (exact) mass is 410 g/mol. The molecule has 162 valence electrons. The van der Waals surface area contributed by atoms with Gasteiger partial charge in [-0.3, -0.25) is 9.69 Å². The van der Waals surface area contributed by atoms with E-state index in [4.69, 9.17) is 9.47 Å². The number of piperidine rings is 1. The van der Waals surface area contributed by atoms with E-state index in [0.29, 0.717) is 6.54 Å². The smallest absolute Gasteiger partial charge is 0.223 e. The first-order valence-electron chi connectivity index (χ1n) is 10.9. The molecule has 5 nitrogen and oxygen atoms in total. The molecule has 1 saturated heterocycles. The molecule has 0 saturated carbocycles. The van der Waals surface area contributed by atoms with Crippen molar-refractivity contribution in [3.05, 3.63) is 59.2 Å². The summed E-state index contributed by atoms with van der Waals surface area (Å²) in [4.78, 5) is 15.0. The van der Waals surface area contributed by atoms with Crippen LogP contribution >= 0.6 is 0 Å². The molecule has 1 N–H and O–H groups in total. The minimum absolute atomic E-state index is 0.139. The van der Waals surface area contributed by atoms with Crippen LogP contribution in [0.25, 0.3) is 0 Å². The van der Waals surface area contributed by atoms with E-state index >= 15 is 0 Å². The van der Waals surface area contributed by atoms with Gasteiger partial charge < -0.3 is 14.8 Å². The van der Waals surface area contributed by atoms with Gasteiger partial charge in [0.25, 0.3) is 0 Å². The van der Waals surface area contributed by atoms with Crippen molar-refractivity contribution < 1.29 is 14.3 Å². The van der Waals surface area contributed by atoms with Gasteiger partial charge in [-0.2, -0.15) is 0 Å². The fourth-order valence-electron chi connectivity index (χ4n) is 4.11. The zero-order chi connectivity index (χ0) is 21.3. The van der Waals surface area contributed by atoms with E-state index in [0.717, 1.165) is 56.8 Å². The van der Waals surface area contributed by atoms with Crippen LogP contribution in [0.4, 0.5) is 0 Å². The molecule has 1 amide bonds. The average molecular weight is 411 g/mol. The van der Waals surface area contributed by atoms with Crippen molar-refractivity contribution in [1.82, 2.24) is 10.2 Å². The Morgan fingerprint density at radius 2 is 1.80 bits per heavy atom. The number of likely N-dealkylation sites (tertiary alicyclic amines) is 1. The van der Waals surface area contributed by atoms with Crippen LogP contribution < -0.4 is 14.8 Å². The molecular weight excluding hydrogens is 376 g/mol. The van der Waals surface area contributed by atoms with Gasteiger partial charge >= 0.3 is 0 Å². The quantitative estimate of drug-likeness (QED) is 0.636. The molecule has 1 heterocycles. The Kier molecular flexibility index (Phi) is 8.14. The summed E-state index contributed by atoms with van der Waals surface area (Å²) in [5.74, 6) is 1.83. The SMILES string of the molecule is COc1ccc(CCCNC(=O)C2CCN(Cc3cccc(C)c3)CC2)cc1OC. The van der Waals surface area contributed by atoms with Crippen LogP contribution in [-0.2, 0) is 17.8 Å². The molecule has 1 fully saturated rings. The summed E-state index contributed by atoms with van der Waals surface area (Å²) in [6, 6.07) is 14.7. The summed E-state index contributed by atoms with van der Waals surface area (Å²) in [5, 5.41) is 3.13. The number of hydrogen-bond acceptors (Lipinski definition) is 4. The third-order valence-corrected chi connectivity index (χ3v) is 5.84. The molecule has 30 heavy (non-hydrogen) atoms. The van der Waals surface area contributed by atoms with Gasteiger partial charge in [-0.05, 0) is 69.0 Å². The number of rotatable bonds is 9. The number of benzene rings is 2. The number of nitrogens with zero attached hydrogens (tertiary/aromatic N) is 1. The van der Waals surface area contributed by atoms with Crippen LogP contribution in [0.2, 0.25) is 0 Å². The van der Waals surface area contributed by atoms with Gasteiger partial charge in [0.15, 0.2) is 11.5 Å². The fourth-order valence-corrected chi connectivity index (χ4v) is 4.11. The van der Waals surface area contributed by atoms with Crippen molar-refractivity contribution in [2.24, 2.45) is 5.92 Å². The Balaban J connectivity index is 1.36. The maximum absolute atomic E-state index is 12.5. The van der Waals surface area contributed by atoms with Crippen LogP contribution in [0, 0.1) is 12.8 Å². The number of carbonyl (C=O) groups is 1. The van der Waals surface area contributed by atoms with Gasteiger partial charge in [0.05, 0.1) is 14.2 Å². The van der Waals surface area contributed by atoms with E-state index in [9.17, 15) is 4.79 Å². The number of carbonyl (C=O) groups excluding carboxylic acids is 1. The highest BCUT2D eigenvalue weighted by Gasteiger charge is 2.24. The van der Waals surface area contributed by atoms with Crippen LogP contribution in [0.1, 0.15) is 36.0 Å². The number of ether oxygens (including phenoxy) is 2. The maximum Gasteiger partial charge on any atom is 0.223 e. The summed E-state index contributed by atoms with van der Waals surface area (Å²) < 4.78 is 10.6. The van der Waals surface area contributed by atoms with Gasteiger partial charge in [0.2, 0.25) is 5.91 Å². The van der Waals surface area contributed by atoms with Crippen molar-refractivity contribution in [2.45, 2.75) is 39.2 Å². The topological polar surface area (TPSA) is 50.8 Å². The fraction of sp³-hybridized carbons (Fsp3) is 0.480. The van der Waals surface area contributed by atoms with Gasteiger partial charge in [-0.25, -0.2) is 0 Å². The zero-order valence-electron chi connectivity index (χ0n) is 18.4. The molecule has 0 bridgehead atoms. The van der Waals surface area contributed by atoms with Gasteiger partial charge in [-0.1, -0.05) is 35.9 Å². The first kappa shape index (κ1) is 22.2. The maximum atomic E-state index is 12.5. The number of aryl methyl sites for hydroxylation is 2. The molecule has 0 atom stereocenters. The number of hydrogen-bond donors (Lipinski definition) is 1. The molecular formula is C25H34N2O3. The van der Waals surface area contributed by atoms with Crippen LogP contribution in [0.3, 0.4) is 0 Å². The number of nitrogens with one attached hydrogen (secondary N) is 1. The van der Waals surface area contributed by atoms with Gasteiger partial charge in [-0.15, -0.1) is 0 Å². The summed E-state index contributed by atoms with van der Waals surface area (Å²) in [5.41, 5.74) is 3.84. The van der Waals surface area contributed by atoms with Crippen molar-refractivity contribution in [1.29, 1.82) is 0 Å². The minimum Gasteiger partial charge on any atom is -0.493 e. The lowest BCUT2D eigenvalue weighted by Crippen LogP contribution is -2.40. The molecule has 2 aromatic carbocycles. The molecule has 2 aromatic rings. The van der Waals surface area contributed by atoms with E-state index < -0.39 is 0 Å². The highest BCUT2D eigenvalue weighted by Crippen LogP contribution is 2.28.